The number of carbonyl (C=O) groups excluding carboxylic acids is 1. The van der Waals surface area contributed by atoms with Gasteiger partial charge in [0.05, 0.1) is 10.3 Å². The molecule has 0 amide bonds. The molecule has 2 aromatic carbocycles. The SMILES string of the molecule is O=C(O)c1cc(F)c2nc(N3[C@@H]4CC[C@H]3CC(OC(=O)c3c(-c5ccccc5)noc3C3CC3)C4)sc2c1. The van der Waals surface area contributed by atoms with Crippen LogP contribution in [-0.4, -0.2) is 45.4 Å². The number of hydrogen-bond donors (Lipinski definition) is 1. The molecule has 2 saturated heterocycles. The van der Waals surface area contributed by atoms with Crippen LogP contribution in [0.25, 0.3) is 21.5 Å². The smallest absolute Gasteiger partial charge is 0.344 e. The van der Waals surface area contributed by atoms with Crippen molar-refractivity contribution in [3.8, 4) is 11.3 Å². The molecule has 4 heterocycles. The van der Waals surface area contributed by atoms with E-state index in [2.05, 4.69) is 15.0 Å². The van der Waals surface area contributed by atoms with Crippen molar-refractivity contribution in [2.24, 2.45) is 0 Å². The van der Waals surface area contributed by atoms with Gasteiger partial charge in [0.15, 0.2) is 16.7 Å². The van der Waals surface area contributed by atoms with Crippen LogP contribution in [0.1, 0.15) is 70.9 Å². The Morgan fingerprint density at radius 2 is 1.82 bits per heavy atom. The first-order valence-electron chi connectivity index (χ1n) is 12.8. The topological polar surface area (TPSA) is 106 Å². The molecule has 2 aromatic heterocycles. The molecule has 0 spiro atoms. The molecule has 194 valence electrons. The van der Waals surface area contributed by atoms with E-state index in [1.54, 1.807) is 0 Å². The minimum atomic E-state index is -1.17. The molecule has 2 aliphatic heterocycles. The number of fused-ring (bicyclic) bond motifs is 3. The lowest BCUT2D eigenvalue weighted by molar-refractivity contribution is 0.0202. The number of esters is 1. The lowest BCUT2D eigenvalue weighted by atomic mass is 9.99. The first kappa shape index (κ1) is 23.3. The Hall–Kier alpha value is -3.79. The summed E-state index contributed by atoms with van der Waals surface area (Å²) in [6, 6.07) is 12.2. The van der Waals surface area contributed by atoms with Crippen molar-refractivity contribution in [3.05, 3.63) is 65.2 Å². The Labute approximate surface area is 221 Å². The number of benzene rings is 2. The summed E-state index contributed by atoms with van der Waals surface area (Å²) in [5.74, 6) is -1.37. The second-order valence-electron chi connectivity index (χ2n) is 10.3. The van der Waals surface area contributed by atoms with Crippen molar-refractivity contribution >= 4 is 38.6 Å². The lowest BCUT2D eigenvalue weighted by Crippen LogP contribution is -2.46. The highest BCUT2D eigenvalue weighted by atomic mass is 32.1. The molecule has 2 bridgehead atoms. The lowest BCUT2D eigenvalue weighted by Gasteiger charge is -2.38. The number of ether oxygens (including phenoxy) is 1. The fourth-order valence-electron chi connectivity index (χ4n) is 5.87. The van der Waals surface area contributed by atoms with E-state index in [0.29, 0.717) is 39.7 Å². The molecular weight excluding hydrogens is 509 g/mol. The van der Waals surface area contributed by atoms with Crippen molar-refractivity contribution in [2.75, 3.05) is 4.90 Å². The van der Waals surface area contributed by atoms with Crippen molar-refractivity contribution in [1.82, 2.24) is 10.1 Å². The first-order valence-corrected chi connectivity index (χ1v) is 13.7. The van der Waals surface area contributed by atoms with Crippen molar-refractivity contribution in [1.29, 1.82) is 0 Å². The molecule has 10 heteroatoms. The summed E-state index contributed by atoms with van der Waals surface area (Å²) >= 11 is 1.30. The average molecular weight is 534 g/mol. The zero-order valence-corrected chi connectivity index (χ0v) is 21.1. The molecular formula is C28H24FN3O5S. The van der Waals surface area contributed by atoms with Gasteiger partial charge >= 0.3 is 11.9 Å². The molecule has 3 atom stereocenters. The number of aromatic nitrogens is 2. The van der Waals surface area contributed by atoms with Gasteiger partial charge in [-0.15, -0.1) is 0 Å². The van der Waals surface area contributed by atoms with E-state index >= 15 is 0 Å². The van der Waals surface area contributed by atoms with Gasteiger partial charge in [0.2, 0.25) is 0 Å². The van der Waals surface area contributed by atoms with Crippen LogP contribution < -0.4 is 4.90 Å². The maximum Gasteiger partial charge on any atom is 0.344 e. The van der Waals surface area contributed by atoms with Gasteiger partial charge in [-0.3, -0.25) is 0 Å². The van der Waals surface area contributed by atoms with Crippen molar-refractivity contribution in [2.45, 2.75) is 62.6 Å². The summed E-state index contributed by atoms with van der Waals surface area (Å²) in [5, 5.41) is 14.2. The standard InChI is InChI=1S/C28H24FN3O5S/c29-20-10-16(26(33)34)11-21-24(20)30-28(38-21)32-17-8-9-18(32)13-19(12-17)36-27(35)22-23(14-4-2-1-3-5-14)31-37-25(22)15-6-7-15/h1-5,10-11,15,17-19H,6-9,12-13H2,(H,33,34)/t17-,18+,19?. The number of carboxylic acids is 1. The minimum absolute atomic E-state index is 0.0898. The summed E-state index contributed by atoms with van der Waals surface area (Å²) in [6.45, 7) is 0. The Morgan fingerprint density at radius 3 is 2.50 bits per heavy atom. The van der Waals surface area contributed by atoms with E-state index in [1.807, 2.05) is 30.3 Å². The average Bonchev–Trinajstić information content (AvgIpc) is 3.39. The van der Waals surface area contributed by atoms with Gasteiger partial charge in [-0.25, -0.2) is 19.0 Å². The quantitative estimate of drug-likeness (QED) is 0.300. The second kappa shape index (κ2) is 8.90. The summed E-state index contributed by atoms with van der Waals surface area (Å²) in [7, 11) is 0. The summed E-state index contributed by atoms with van der Waals surface area (Å²) in [5.41, 5.74) is 1.88. The number of aromatic carboxylic acids is 1. The number of carboxylic acid groups (broad SMARTS) is 1. The summed E-state index contributed by atoms with van der Waals surface area (Å²) in [6.07, 6.45) is 4.83. The molecule has 3 fully saturated rings. The van der Waals surface area contributed by atoms with Gasteiger partial charge in [-0.05, 0) is 37.8 Å². The number of anilines is 1. The fraction of sp³-hybridized carbons (Fsp3) is 0.357. The zero-order chi connectivity index (χ0) is 26.0. The Bertz CT molecular complexity index is 1550. The van der Waals surface area contributed by atoms with Gasteiger partial charge in [-0.1, -0.05) is 46.8 Å². The van der Waals surface area contributed by atoms with Crippen LogP contribution >= 0.6 is 11.3 Å². The molecule has 1 N–H and O–H groups in total. The third-order valence-corrected chi connectivity index (χ3v) is 8.80. The molecule has 1 saturated carbocycles. The molecule has 8 nitrogen and oxygen atoms in total. The molecule has 38 heavy (non-hydrogen) atoms. The van der Waals surface area contributed by atoms with Gasteiger partial charge in [-0.2, -0.15) is 0 Å². The monoisotopic (exact) mass is 533 g/mol. The van der Waals surface area contributed by atoms with E-state index in [0.717, 1.165) is 37.3 Å². The Balaban J connectivity index is 1.12. The van der Waals surface area contributed by atoms with E-state index in [9.17, 15) is 19.1 Å². The number of piperidine rings is 1. The Kier molecular flexibility index (Phi) is 5.47. The van der Waals surface area contributed by atoms with Crippen LogP contribution in [0, 0.1) is 5.82 Å². The highest BCUT2D eigenvalue weighted by Gasteiger charge is 2.44. The second-order valence-corrected chi connectivity index (χ2v) is 11.3. The van der Waals surface area contributed by atoms with Crippen LogP contribution in [0.4, 0.5) is 9.52 Å². The van der Waals surface area contributed by atoms with Crippen LogP contribution in [0.5, 0.6) is 0 Å². The highest BCUT2D eigenvalue weighted by molar-refractivity contribution is 7.22. The number of halogens is 1. The highest BCUT2D eigenvalue weighted by Crippen LogP contribution is 2.46. The van der Waals surface area contributed by atoms with Crippen LogP contribution in [-0.2, 0) is 4.74 Å². The van der Waals surface area contributed by atoms with Gasteiger partial charge in [0, 0.05) is 36.4 Å². The third-order valence-electron chi connectivity index (χ3n) is 7.79. The minimum Gasteiger partial charge on any atom is -0.478 e. The molecule has 0 radical (unpaired) electrons. The summed E-state index contributed by atoms with van der Waals surface area (Å²) in [4.78, 5) is 31.6. The maximum absolute atomic E-state index is 14.6. The van der Waals surface area contributed by atoms with E-state index < -0.39 is 17.8 Å². The molecule has 3 aliphatic rings. The largest absolute Gasteiger partial charge is 0.478 e. The Morgan fingerprint density at radius 1 is 1.08 bits per heavy atom. The molecule has 1 aliphatic carbocycles. The predicted molar refractivity (Wildman–Crippen MR) is 138 cm³/mol. The fourth-order valence-corrected chi connectivity index (χ4v) is 7.04. The predicted octanol–water partition coefficient (Wildman–Crippen LogP) is 6.02. The van der Waals surface area contributed by atoms with Crippen LogP contribution in [0.2, 0.25) is 0 Å². The van der Waals surface area contributed by atoms with Gasteiger partial charge in [0.1, 0.15) is 22.9 Å². The van der Waals surface area contributed by atoms with E-state index in [-0.39, 0.29) is 35.2 Å². The van der Waals surface area contributed by atoms with Gasteiger partial charge in [0.25, 0.3) is 0 Å². The number of thiazole rings is 1. The van der Waals surface area contributed by atoms with Crippen molar-refractivity contribution < 1.29 is 28.3 Å². The van der Waals surface area contributed by atoms with Crippen molar-refractivity contribution in [3.63, 3.8) is 0 Å². The number of rotatable bonds is 6. The number of carbonyl (C=O) groups is 2. The molecule has 1 unspecified atom stereocenters. The van der Waals surface area contributed by atoms with Gasteiger partial charge < -0.3 is 19.3 Å². The molecule has 7 rings (SSSR count). The number of hydrogen-bond acceptors (Lipinski definition) is 8. The van der Waals surface area contributed by atoms with Crippen LogP contribution in [0.15, 0.2) is 47.0 Å². The normalized spacial score (nSPS) is 22.7. The number of nitrogens with zero attached hydrogens (tertiary/aromatic N) is 3. The maximum atomic E-state index is 14.6. The molecule has 4 aromatic rings. The third kappa shape index (κ3) is 3.94. The first-order chi connectivity index (χ1) is 18.5. The van der Waals surface area contributed by atoms with Crippen LogP contribution in [0.3, 0.4) is 0 Å². The van der Waals surface area contributed by atoms with E-state index in [4.69, 9.17) is 9.26 Å². The zero-order valence-electron chi connectivity index (χ0n) is 20.3. The van der Waals surface area contributed by atoms with E-state index in [1.165, 1.54) is 17.4 Å². The summed E-state index contributed by atoms with van der Waals surface area (Å²) < 4.78 is 26.8.